The second-order valence-electron chi connectivity index (χ2n) is 4.14. The van der Waals surface area contributed by atoms with E-state index in [1.54, 1.807) is 0 Å². The molecule has 2 heteroatoms. The Morgan fingerprint density at radius 3 is 2.07 bits per heavy atom. The Morgan fingerprint density at radius 1 is 0.929 bits per heavy atom. The van der Waals surface area contributed by atoms with Gasteiger partial charge in [0.2, 0.25) is 0 Å². The van der Waals surface area contributed by atoms with E-state index in [9.17, 15) is 5.11 Å². The van der Waals surface area contributed by atoms with Gasteiger partial charge in [-0.25, -0.2) is 0 Å². The van der Waals surface area contributed by atoms with E-state index in [1.165, 1.54) is 32.1 Å². The molecule has 2 nitrogen and oxygen atoms in total. The molecule has 0 spiro atoms. The average Bonchev–Trinajstić information content (AvgIpc) is 2.18. The Morgan fingerprint density at radius 2 is 1.50 bits per heavy atom. The van der Waals surface area contributed by atoms with Gasteiger partial charge >= 0.3 is 0 Å². The minimum Gasteiger partial charge on any atom is -0.393 e. The van der Waals surface area contributed by atoms with Crippen molar-refractivity contribution in [2.45, 2.75) is 70.8 Å². The van der Waals surface area contributed by atoms with Gasteiger partial charge in [0.1, 0.15) is 0 Å². The Balaban J connectivity index is 3.06. The van der Waals surface area contributed by atoms with E-state index in [1.807, 2.05) is 0 Å². The maximum Gasteiger partial charge on any atom is 0.0540 e. The molecule has 0 aromatic heterocycles. The predicted octanol–water partition coefficient (Wildman–Crippen LogP) is 2.84. The molecular formula is C12H27NO. The highest BCUT2D eigenvalue weighted by molar-refractivity contribution is 4.56. The van der Waals surface area contributed by atoms with Crippen LogP contribution in [0.3, 0.4) is 0 Å². The number of aliphatic hydroxyl groups is 1. The molecule has 0 aliphatic heterocycles. The largest absolute Gasteiger partial charge is 0.393 e. The van der Waals surface area contributed by atoms with Gasteiger partial charge in [-0.2, -0.15) is 0 Å². The quantitative estimate of drug-likeness (QED) is 0.329. The lowest BCUT2D eigenvalue weighted by Crippen LogP contribution is -2.06. The van der Waals surface area contributed by atoms with Gasteiger partial charge in [0, 0.05) is 0 Å². The van der Waals surface area contributed by atoms with Crippen molar-refractivity contribution in [1.82, 2.24) is 0 Å². The van der Waals surface area contributed by atoms with Crippen LogP contribution in [0.2, 0.25) is 0 Å². The molecular weight excluding hydrogens is 181 g/mol. The van der Waals surface area contributed by atoms with Crippen LogP contribution in [-0.4, -0.2) is 17.8 Å². The molecule has 0 amide bonds. The van der Waals surface area contributed by atoms with E-state index >= 15 is 0 Å². The Kier molecular flexibility index (Phi) is 10.9. The standard InChI is InChI=1S/C12H27NO/c1-2-3-6-9-12(14)10-7-4-5-8-11-13/h12,14H,2-11,13H2,1H3/i1+1,2+1,3+1,6+1,9+1,12+1,13+1. The predicted molar refractivity (Wildman–Crippen MR) is 62.3 cm³/mol. The zero-order chi connectivity index (χ0) is 10.6. The summed E-state index contributed by atoms with van der Waals surface area (Å²) in [5.74, 6) is 0. The first-order chi connectivity index (χ1) is 6.81. The first-order valence-electron chi connectivity index (χ1n) is 6.19. The molecule has 0 rings (SSSR count). The fourth-order valence-electron chi connectivity index (χ4n) is 1.65. The maximum atomic E-state index is 9.61. The summed E-state index contributed by atoms with van der Waals surface area (Å²) in [6.45, 7) is 3.00. The number of rotatable bonds is 10. The molecule has 0 fully saturated rings. The third kappa shape index (κ3) is 10.0. The van der Waals surface area contributed by atoms with Gasteiger partial charge in [-0.1, -0.05) is 45.4 Å². The van der Waals surface area contributed by atoms with Crippen LogP contribution in [0, 0.1) is 0 Å². The second-order valence-corrected chi connectivity index (χ2v) is 4.14. The second kappa shape index (κ2) is 11.0. The zero-order valence-electron chi connectivity index (χ0n) is 9.67. The lowest BCUT2D eigenvalue weighted by Gasteiger charge is -2.09. The molecule has 86 valence electrons. The van der Waals surface area contributed by atoms with E-state index < -0.39 is 0 Å². The van der Waals surface area contributed by atoms with Crippen molar-refractivity contribution in [1.29, 1.82) is 0 Å². The smallest absolute Gasteiger partial charge is 0.0540 e. The fraction of sp³-hybridized carbons (Fsp3) is 1.00. The molecule has 14 heavy (non-hydrogen) atoms. The van der Waals surface area contributed by atoms with Crippen molar-refractivity contribution in [3.63, 3.8) is 0 Å². The van der Waals surface area contributed by atoms with Crippen LogP contribution >= 0.6 is 0 Å². The first-order valence-corrected chi connectivity index (χ1v) is 6.19. The van der Waals surface area contributed by atoms with E-state index in [2.05, 4.69) is 6.92 Å². The van der Waals surface area contributed by atoms with E-state index in [4.69, 9.17) is 5.73 Å². The van der Waals surface area contributed by atoms with Crippen LogP contribution in [-0.2, 0) is 0 Å². The van der Waals surface area contributed by atoms with Crippen molar-refractivity contribution in [2.75, 3.05) is 6.54 Å². The molecule has 0 aromatic rings. The van der Waals surface area contributed by atoms with Crippen LogP contribution in [0.4, 0.5) is 0 Å². The fourth-order valence-corrected chi connectivity index (χ4v) is 1.65. The summed E-state index contributed by atoms with van der Waals surface area (Å²) in [6.07, 6.45) is 10.3. The Labute approximate surface area is 88.9 Å². The van der Waals surface area contributed by atoms with Crippen LogP contribution in [0.15, 0.2) is 0 Å². The Bertz CT molecular complexity index is 106. The van der Waals surface area contributed by atoms with Crippen LogP contribution in [0.1, 0.15) is 64.7 Å². The highest BCUT2D eigenvalue weighted by atomic mass is 16.4. The molecule has 0 aliphatic carbocycles. The van der Waals surface area contributed by atoms with Crippen molar-refractivity contribution in [3.05, 3.63) is 0 Å². The molecule has 0 heterocycles. The molecule has 1 unspecified atom stereocenters. The molecule has 0 bridgehead atoms. The Hall–Kier alpha value is -0.0800. The van der Waals surface area contributed by atoms with Gasteiger partial charge in [-0.3, -0.25) is 0 Å². The summed E-state index contributed by atoms with van der Waals surface area (Å²) in [6, 6.07) is 0. The summed E-state index contributed by atoms with van der Waals surface area (Å²) in [7, 11) is 0. The summed E-state index contributed by atoms with van der Waals surface area (Å²) < 4.78 is 0. The van der Waals surface area contributed by atoms with Gasteiger partial charge in [-0.15, -0.1) is 0 Å². The van der Waals surface area contributed by atoms with E-state index in [0.717, 1.165) is 32.2 Å². The molecule has 0 aliphatic rings. The minimum absolute atomic E-state index is 0.0561. The van der Waals surface area contributed by atoms with Crippen LogP contribution in [0.25, 0.3) is 0 Å². The van der Waals surface area contributed by atoms with Gasteiger partial charge in [0.15, 0.2) is 0 Å². The summed E-state index contributed by atoms with van der Waals surface area (Å²) >= 11 is 0. The third-order valence-electron chi connectivity index (χ3n) is 2.63. The lowest BCUT2D eigenvalue weighted by molar-refractivity contribution is 0.147. The summed E-state index contributed by atoms with van der Waals surface area (Å²) in [5.41, 5.74) is 5.40. The topological polar surface area (TPSA) is 46.2 Å². The van der Waals surface area contributed by atoms with Crippen molar-refractivity contribution in [2.24, 2.45) is 5.73 Å². The molecule has 1 atom stereocenters. The minimum atomic E-state index is -0.0561. The molecule has 0 radical (unpaired) electrons. The van der Waals surface area contributed by atoms with Gasteiger partial charge in [-0.05, 0) is 25.8 Å². The van der Waals surface area contributed by atoms with Gasteiger partial charge < -0.3 is 10.8 Å². The van der Waals surface area contributed by atoms with Crippen molar-refractivity contribution in [3.8, 4) is 0 Å². The third-order valence-corrected chi connectivity index (χ3v) is 2.63. The number of unbranched alkanes of at least 4 members (excludes halogenated alkanes) is 5. The average molecular weight is 208 g/mol. The number of hydrogen-bond donors (Lipinski definition) is 2. The normalized spacial score (nSPS) is 13.1. The van der Waals surface area contributed by atoms with E-state index in [-0.39, 0.29) is 6.10 Å². The van der Waals surface area contributed by atoms with Crippen molar-refractivity contribution < 1.29 is 5.11 Å². The van der Waals surface area contributed by atoms with Crippen LogP contribution < -0.4 is 5.73 Å². The highest BCUT2D eigenvalue weighted by Crippen LogP contribution is 2.11. The number of hydrogen-bond acceptors (Lipinski definition) is 2. The highest BCUT2D eigenvalue weighted by Gasteiger charge is 2.02. The lowest BCUT2D eigenvalue weighted by atomic mass is 10.2. The van der Waals surface area contributed by atoms with Crippen LogP contribution in [0.5, 0.6) is 0 Å². The first kappa shape index (κ1) is 13.9. The molecule has 0 saturated heterocycles. The number of aliphatic hydroxyl groups excluding tert-OH is 1. The maximum absolute atomic E-state index is 9.61. The molecule has 0 saturated carbocycles. The zero-order valence-corrected chi connectivity index (χ0v) is 9.67. The van der Waals surface area contributed by atoms with Crippen molar-refractivity contribution >= 4 is 0 Å². The molecule has 3 N–H and O–H groups in total. The summed E-state index contributed by atoms with van der Waals surface area (Å²) in [5, 5.41) is 9.61. The summed E-state index contributed by atoms with van der Waals surface area (Å²) in [4.78, 5) is 0. The molecule has 0 aromatic carbocycles. The monoisotopic (exact) mass is 208 g/mol. The number of nitrogens with two attached hydrogens (primary N) is 1. The van der Waals surface area contributed by atoms with Gasteiger partial charge in [0.25, 0.3) is 0 Å². The van der Waals surface area contributed by atoms with Gasteiger partial charge in [0.05, 0.1) is 6.10 Å². The van der Waals surface area contributed by atoms with E-state index in [0.29, 0.717) is 0 Å². The SMILES string of the molecule is [13CH3][13CH2][13CH2][13CH2][13CH2][13CH](O)CCCCCC[15NH2].